The van der Waals surface area contributed by atoms with Crippen LogP contribution in [0.5, 0.6) is 0 Å². The zero-order chi connectivity index (χ0) is 17.3. The molecule has 0 N–H and O–H groups in total. The molecule has 0 aliphatic heterocycles. The van der Waals surface area contributed by atoms with Crippen molar-refractivity contribution in [2.75, 3.05) is 11.9 Å². The molecule has 5 nitrogen and oxygen atoms in total. The molecular weight excluding hydrogens is 319 g/mol. The Morgan fingerprint density at radius 1 is 1.33 bits per heavy atom. The molecular formula is C16H16F3N5. The van der Waals surface area contributed by atoms with Gasteiger partial charge in [-0.25, -0.2) is 9.67 Å². The van der Waals surface area contributed by atoms with Crippen molar-refractivity contribution in [1.29, 1.82) is 5.26 Å². The van der Waals surface area contributed by atoms with Crippen molar-refractivity contribution in [3.63, 3.8) is 0 Å². The topological polar surface area (TPSA) is 57.7 Å². The van der Waals surface area contributed by atoms with E-state index in [2.05, 4.69) is 10.1 Å². The molecule has 126 valence electrons. The predicted molar refractivity (Wildman–Crippen MR) is 81.3 cm³/mol. The molecule has 1 aromatic carbocycles. The van der Waals surface area contributed by atoms with Crippen LogP contribution in [0.15, 0.2) is 30.9 Å². The molecule has 3 rings (SSSR count). The van der Waals surface area contributed by atoms with Gasteiger partial charge in [-0.2, -0.15) is 23.5 Å². The number of aromatic nitrogens is 3. The maximum atomic E-state index is 13.1. The van der Waals surface area contributed by atoms with Crippen LogP contribution in [0.25, 0.3) is 0 Å². The van der Waals surface area contributed by atoms with Gasteiger partial charge in [0, 0.05) is 18.8 Å². The van der Waals surface area contributed by atoms with Gasteiger partial charge < -0.3 is 4.90 Å². The van der Waals surface area contributed by atoms with Crippen LogP contribution >= 0.6 is 0 Å². The summed E-state index contributed by atoms with van der Waals surface area (Å²) in [6, 6.07) is 5.79. The van der Waals surface area contributed by atoms with Gasteiger partial charge in [0.1, 0.15) is 12.7 Å². The molecule has 1 fully saturated rings. The fourth-order valence-electron chi connectivity index (χ4n) is 3.23. The molecule has 24 heavy (non-hydrogen) atoms. The second-order valence-corrected chi connectivity index (χ2v) is 5.95. The summed E-state index contributed by atoms with van der Waals surface area (Å²) < 4.78 is 41.1. The number of alkyl halides is 3. The van der Waals surface area contributed by atoms with E-state index in [0.717, 1.165) is 25.3 Å². The van der Waals surface area contributed by atoms with Gasteiger partial charge >= 0.3 is 6.18 Å². The van der Waals surface area contributed by atoms with E-state index < -0.39 is 11.7 Å². The number of nitriles is 1. The first-order valence-electron chi connectivity index (χ1n) is 7.58. The van der Waals surface area contributed by atoms with Crippen molar-refractivity contribution in [2.45, 2.75) is 37.5 Å². The maximum Gasteiger partial charge on any atom is 0.417 e. The van der Waals surface area contributed by atoms with Gasteiger partial charge in [0.05, 0.1) is 23.2 Å². The Kier molecular flexibility index (Phi) is 4.18. The molecule has 1 saturated carbocycles. The van der Waals surface area contributed by atoms with Crippen LogP contribution < -0.4 is 4.90 Å². The second kappa shape index (κ2) is 6.15. The van der Waals surface area contributed by atoms with Gasteiger partial charge in [-0.1, -0.05) is 0 Å². The molecule has 8 heteroatoms. The van der Waals surface area contributed by atoms with E-state index in [1.165, 1.54) is 12.4 Å². The van der Waals surface area contributed by atoms with Crippen molar-refractivity contribution in [1.82, 2.24) is 14.8 Å². The zero-order valence-electron chi connectivity index (χ0n) is 13.0. The second-order valence-electron chi connectivity index (χ2n) is 5.95. The Morgan fingerprint density at radius 3 is 2.75 bits per heavy atom. The number of anilines is 1. The lowest BCUT2D eigenvalue weighted by Crippen LogP contribution is -2.29. The Morgan fingerprint density at radius 2 is 2.12 bits per heavy atom. The van der Waals surface area contributed by atoms with E-state index in [1.807, 2.05) is 4.90 Å². The maximum absolute atomic E-state index is 13.1. The molecule has 1 heterocycles. The minimum Gasteiger partial charge on any atom is -0.372 e. The van der Waals surface area contributed by atoms with Gasteiger partial charge in [-0.05, 0) is 37.5 Å². The first-order chi connectivity index (χ1) is 11.4. The van der Waals surface area contributed by atoms with Gasteiger partial charge in [0.25, 0.3) is 0 Å². The summed E-state index contributed by atoms with van der Waals surface area (Å²) in [6.07, 6.45) is 1.16. The van der Waals surface area contributed by atoms with E-state index in [0.29, 0.717) is 5.69 Å². The average molecular weight is 335 g/mol. The summed E-state index contributed by atoms with van der Waals surface area (Å²) in [6.45, 7) is 0. The first-order valence-corrected chi connectivity index (χ1v) is 7.58. The van der Waals surface area contributed by atoms with Crippen LogP contribution in [0.2, 0.25) is 0 Å². The molecule has 0 spiro atoms. The smallest absolute Gasteiger partial charge is 0.372 e. The molecule has 1 aliphatic rings. The lowest BCUT2D eigenvalue weighted by molar-refractivity contribution is -0.137. The van der Waals surface area contributed by atoms with Gasteiger partial charge in [0.15, 0.2) is 0 Å². The zero-order valence-corrected chi connectivity index (χ0v) is 13.0. The lowest BCUT2D eigenvalue weighted by atomic mass is 10.1. The van der Waals surface area contributed by atoms with Crippen molar-refractivity contribution < 1.29 is 13.2 Å². The van der Waals surface area contributed by atoms with E-state index in [1.54, 1.807) is 30.2 Å². The van der Waals surface area contributed by atoms with E-state index in [4.69, 9.17) is 5.26 Å². The number of hydrogen-bond acceptors (Lipinski definition) is 4. The first kappa shape index (κ1) is 16.3. The Hall–Kier alpha value is -2.56. The number of rotatable bonds is 3. The van der Waals surface area contributed by atoms with Crippen LogP contribution in [-0.4, -0.2) is 27.9 Å². The van der Waals surface area contributed by atoms with Gasteiger partial charge in [-0.3, -0.25) is 0 Å². The Bertz CT molecular complexity index is 748. The summed E-state index contributed by atoms with van der Waals surface area (Å²) in [5, 5.41) is 13.0. The van der Waals surface area contributed by atoms with Crippen molar-refractivity contribution >= 4 is 5.69 Å². The number of hydrogen-bond donors (Lipinski definition) is 0. The van der Waals surface area contributed by atoms with Gasteiger partial charge in [0.2, 0.25) is 0 Å². The molecule has 0 saturated heterocycles. The summed E-state index contributed by atoms with van der Waals surface area (Å²) >= 11 is 0. The number of benzene rings is 1. The lowest BCUT2D eigenvalue weighted by Gasteiger charge is -2.27. The molecule has 2 aromatic rings. The quantitative estimate of drug-likeness (QED) is 0.863. The third-order valence-corrected chi connectivity index (χ3v) is 4.57. The Balaban J connectivity index is 1.81. The van der Waals surface area contributed by atoms with Crippen molar-refractivity contribution in [2.24, 2.45) is 0 Å². The molecule has 0 amide bonds. The Labute approximate surface area is 137 Å². The molecule has 1 aromatic heterocycles. The van der Waals surface area contributed by atoms with Crippen molar-refractivity contribution in [3.05, 3.63) is 42.0 Å². The summed E-state index contributed by atoms with van der Waals surface area (Å²) in [5.74, 6) is 0. The fraction of sp³-hybridized carbons (Fsp3) is 0.438. The van der Waals surface area contributed by atoms with E-state index in [-0.39, 0.29) is 17.6 Å². The normalized spacial score (nSPS) is 20.8. The minimum absolute atomic E-state index is 0.119. The predicted octanol–water partition coefficient (Wildman–Crippen LogP) is 3.40. The minimum atomic E-state index is -4.54. The third kappa shape index (κ3) is 3.07. The number of nitrogens with zero attached hydrogens (tertiary/aromatic N) is 5. The van der Waals surface area contributed by atoms with Crippen LogP contribution in [0.1, 0.15) is 36.4 Å². The summed E-state index contributed by atoms with van der Waals surface area (Å²) in [7, 11) is 1.79. The molecule has 2 atom stereocenters. The highest BCUT2D eigenvalue weighted by Gasteiger charge is 2.35. The number of halogens is 3. The molecule has 0 bridgehead atoms. The summed E-state index contributed by atoms with van der Waals surface area (Å²) in [4.78, 5) is 5.79. The standard InChI is InChI=1S/C16H16F3N5/c1-23(12-4-5-14(6-12)24-10-21-9-22-24)13-3-2-11(8-20)15(7-13)16(17,18)19/h2-3,7,9-10,12,14H,4-6H2,1H3. The van der Waals surface area contributed by atoms with Crippen LogP contribution in [-0.2, 0) is 6.18 Å². The molecule has 0 radical (unpaired) electrons. The highest BCUT2D eigenvalue weighted by molar-refractivity contribution is 5.55. The average Bonchev–Trinajstić information content (AvgIpc) is 3.23. The third-order valence-electron chi connectivity index (χ3n) is 4.57. The SMILES string of the molecule is CN(c1ccc(C#N)c(C(F)(F)F)c1)C1CCC(n2cncn2)C1. The van der Waals surface area contributed by atoms with E-state index >= 15 is 0 Å². The van der Waals surface area contributed by atoms with E-state index in [9.17, 15) is 13.2 Å². The fourth-order valence-corrected chi connectivity index (χ4v) is 3.23. The van der Waals surface area contributed by atoms with Crippen LogP contribution in [0.3, 0.4) is 0 Å². The largest absolute Gasteiger partial charge is 0.417 e. The van der Waals surface area contributed by atoms with Crippen molar-refractivity contribution in [3.8, 4) is 6.07 Å². The highest BCUT2D eigenvalue weighted by Crippen LogP contribution is 2.37. The van der Waals surface area contributed by atoms with Gasteiger partial charge in [-0.15, -0.1) is 0 Å². The van der Waals surface area contributed by atoms with Crippen LogP contribution in [0.4, 0.5) is 18.9 Å². The molecule has 1 aliphatic carbocycles. The van der Waals surface area contributed by atoms with Crippen LogP contribution in [0, 0.1) is 11.3 Å². The summed E-state index contributed by atoms with van der Waals surface area (Å²) in [5.41, 5.74) is -0.780. The molecule has 2 unspecified atom stereocenters. The highest BCUT2D eigenvalue weighted by atomic mass is 19.4. The monoisotopic (exact) mass is 335 g/mol.